The maximum absolute atomic E-state index is 11.1. The van der Waals surface area contributed by atoms with Crippen LogP contribution in [0.25, 0.3) is 0 Å². The lowest BCUT2D eigenvalue weighted by Gasteiger charge is -2.16. The molecular formula is C14H16N4O5. The normalized spacial score (nSPS) is 11.8. The van der Waals surface area contributed by atoms with E-state index in [0.717, 1.165) is 0 Å². The number of benzene rings is 1. The summed E-state index contributed by atoms with van der Waals surface area (Å²) in [5.74, 6) is -0.0983. The maximum atomic E-state index is 11.1. The Labute approximate surface area is 132 Å². The largest absolute Gasteiger partial charge is 0.487 e. The third kappa shape index (κ3) is 4.25. The number of hydrogen-bond donors (Lipinski definition) is 0. The van der Waals surface area contributed by atoms with Crippen molar-refractivity contribution >= 4 is 11.7 Å². The molecule has 0 radical (unpaired) electrons. The second-order valence-electron chi connectivity index (χ2n) is 4.90. The number of non-ortho nitro benzene ring substituents is 1. The molecule has 1 unspecified atom stereocenters. The Morgan fingerprint density at radius 2 is 2.22 bits per heavy atom. The average molecular weight is 320 g/mol. The van der Waals surface area contributed by atoms with Gasteiger partial charge in [-0.1, -0.05) is 5.21 Å². The molecule has 1 aromatic heterocycles. The fraction of sp³-hybridized carbons (Fsp3) is 0.357. The van der Waals surface area contributed by atoms with Crippen molar-refractivity contribution in [1.82, 2.24) is 15.0 Å². The summed E-state index contributed by atoms with van der Waals surface area (Å²) >= 11 is 0. The Kier molecular flexibility index (Phi) is 4.89. The third-order valence-corrected chi connectivity index (χ3v) is 3.01. The zero-order valence-corrected chi connectivity index (χ0v) is 12.9. The minimum absolute atomic E-state index is 0.106. The van der Waals surface area contributed by atoms with Gasteiger partial charge < -0.3 is 9.47 Å². The molecule has 0 saturated heterocycles. The van der Waals surface area contributed by atoms with E-state index in [9.17, 15) is 14.9 Å². The SMILES string of the molecule is CC(=O)OC(C)c1cc([N+](=O)[O-])ccc1OCc1cn(C)nn1. The molecule has 1 atom stereocenters. The van der Waals surface area contributed by atoms with Crippen molar-refractivity contribution in [3.05, 3.63) is 45.8 Å². The zero-order chi connectivity index (χ0) is 17.0. The van der Waals surface area contributed by atoms with Crippen LogP contribution >= 0.6 is 0 Å². The summed E-state index contributed by atoms with van der Waals surface area (Å²) in [5, 5.41) is 18.6. The number of hydrogen-bond acceptors (Lipinski definition) is 7. The quantitative estimate of drug-likeness (QED) is 0.454. The fourth-order valence-corrected chi connectivity index (χ4v) is 2.02. The van der Waals surface area contributed by atoms with Crippen LogP contribution in [0.4, 0.5) is 5.69 Å². The van der Waals surface area contributed by atoms with Crippen molar-refractivity contribution in [3.8, 4) is 5.75 Å². The van der Waals surface area contributed by atoms with Crippen LogP contribution in [0.15, 0.2) is 24.4 Å². The van der Waals surface area contributed by atoms with Gasteiger partial charge in [0.25, 0.3) is 5.69 Å². The molecule has 0 bridgehead atoms. The van der Waals surface area contributed by atoms with Gasteiger partial charge in [0.15, 0.2) is 0 Å². The van der Waals surface area contributed by atoms with Gasteiger partial charge in [0.2, 0.25) is 0 Å². The van der Waals surface area contributed by atoms with Crippen molar-refractivity contribution in [2.24, 2.45) is 7.05 Å². The third-order valence-electron chi connectivity index (χ3n) is 3.01. The molecule has 2 aromatic rings. The first-order chi connectivity index (χ1) is 10.9. The fourth-order valence-electron chi connectivity index (χ4n) is 2.02. The molecule has 0 amide bonds. The summed E-state index contributed by atoms with van der Waals surface area (Å²) in [7, 11) is 1.73. The van der Waals surface area contributed by atoms with Gasteiger partial charge in [0.05, 0.1) is 11.1 Å². The number of nitro groups is 1. The summed E-state index contributed by atoms with van der Waals surface area (Å²) in [6.45, 7) is 3.04. The van der Waals surface area contributed by atoms with E-state index in [1.165, 1.54) is 29.8 Å². The summed E-state index contributed by atoms with van der Waals surface area (Å²) < 4.78 is 12.3. The molecule has 0 spiro atoms. The van der Waals surface area contributed by atoms with Crippen LogP contribution in [-0.2, 0) is 23.2 Å². The summed E-state index contributed by atoms with van der Waals surface area (Å²) in [4.78, 5) is 21.5. The predicted molar refractivity (Wildman–Crippen MR) is 78.6 cm³/mol. The molecule has 2 rings (SSSR count). The molecule has 122 valence electrons. The van der Waals surface area contributed by atoms with Crippen LogP contribution in [0, 0.1) is 10.1 Å². The summed E-state index contributed by atoms with van der Waals surface area (Å²) in [6.07, 6.45) is 1.02. The highest BCUT2D eigenvalue weighted by molar-refractivity contribution is 5.66. The molecule has 23 heavy (non-hydrogen) atoms. The van der Waals surface area contributed by atoms with Gasteiger partial charge in [-0.2, -0.15) is 0 Å². The first kappa shape index (κ1) is 16.4. The second-order valence-corrected chi connectivity index (χ2v) is 4.90. The van der Waals surface area contributed by atoms with E-state index in [1.54, 1.807) is 20.2 Å². The molecule has 0 fully saturated rings. The van der Waals surface area contributed by atoms with Crippen molar-refractivity contribution in [2.75, 3.05) is 0 Å². The van der Waals surface area contributed by atoms with Crippen LogP contribution in [0.1, 0.15) is 31.2 Å². The number of aromatic nitrogens is 3. The number of carbonyl (C=O) groups excluding carboxylic acids is 1. The monoisotopic (exact) mass is 320 g/mol. The lowest BCUT2D eigenvalue weighted by molar-refractivity contribution is -0.385. The van der Waals surface area contributed by atoms with Gasteiger partial charge in [-0.05, 0) is 13.0 Å². The van der Waals surface area contributed by atoms with E-state index in [4.69, 9.17) is 9.47 Å². The smallest absolute Gasteiger partial charge is 0.303 e. The van der Waals surface area contributed by atoms with Crippen molar-refractivity contribution in [2.45, 2.75) is 26.6 Å². The average Bonchev–Trinajstić information content (AvgIpc) is 2.89. The molecule has 0 aliphatic rings. The van der Waals surface area contributed by atoms with Gasteiger partial charge in [0.1, 0.15) is 24.2 Å². The highest BCUT2D eigenvalue weighted by atomic mass is 16.6. The van der Waals surface area contributed by atoms with E-state index in [0.29, 0.717) is 17.0 Å². The van der Waals surface area contributed by atoms with Gasteiger partial charge in [-0.25, -0.2) is 0 Å². The van der Waals surface area contributed by atoms with Gasteiger partial charge >= 0.3 is 5.97 Å². The van der Waals surface area contributed by atoms with Gasteiger partial charge in [0, 0.05) is 31.7 Å². The molecule has 1 aromatic carbocycles. The first-order valence-corrected chi connectivity index (χ1v) is 6.80. The topological polar surface area (TPSA) is 109 Å². The highest BCUT2D eigenvalue weighted by Gasteiger charge is 2.19. The number of nitrogens with zero attached hydrogens (tertiary/aromatic N) is 4. The van der Waals surface area contributed by atoms with E-state index in [2.05, 4.69) is 10.3 Å². The minimum atomic E-state index is -0.677. The number of esters is 1. The van der Waals surface area contributed by atoms with E-state index in [-0.39, 0.29) is 12.3 Å². The van der Waals surface area contributed by atoms with Crippen LogP contribution < -0.4 is 4.74 Å². The van der Waals surface area contributed by atoms with Crippen LogP contribution in [0.5, 0.6) is 5.75 Å². The Morgan fingerprint density at radius 1 is 1.48 bits per heavy atom. The molecule has 0 N–H and O–H groups in total. The summed E-state index contributed by atoms with van der Waals surface area (Å²) in [6, 6.07) is 4.14. The van der Waals surface area contributed by atoms with Crippen LogP contribution in [-0.4, -0.2) is 25.9 Å². The van der Waals surface area contributed by atoms with E-state index < -0.39 is 17.0 Å². The number of ether oxygens (including phenoxy) is 2. The number of aryl methyl sites for hydroxylation is 1. The Balaban J connectivity index is 2.25. The van der Waals surface area contributed by atoms with E-state index in [1.807, 2.05) is 0 Å². The van der Waals surface area contributed by atoms with Gasteiger partial charge in [-0.3, -0.25) is 19.6 Å². The predicted octanol–water partition coefficient (Wildman–Crippen LogP) is 1.93. The highest BCUT2D eigenvalue weighted by Crippen LogP contribution is 2.31. The lowest BCUT2D eigenvalue weighted by atomic mass is 10.1. The van der Waals surface area contributed by atoms with Crippen LogP contribution in [0.3, 0.4) is 0 Å². The number of nitro benzene ring substituents is 1. The second kappa shape index (κ2) is 6.86. The number of carbonyl (C=O) groups is 1. The van der Waals surface area contributed by atoms with Crippen LogP contribution in [0.2, 0.25) is 0 Å². The standard InChI is InChI=1S/C14H16N4O5/c1-9(23-10(2)19)13-6-12(18(20)21)4-5-14(13)22-8-11-7-17(3)16-15-11/h4-7,9H,8H2,1-3H3. The first-order valence-electron chi connectivity index (χ1n) is 6.80. The molecule has 0 aliphatic heterocycles. The van der Waals surface area contributed by atoms with Crippen molar-refractivity contribution in [1.29, 1.82) is 0 Å². The zero-order valence-electron chi connectivity index (χ0n) is 12.9. The molecular weight excluding hydrogens is 304 g/mol. The maximum Gasteiger partial charge on any atom is 0.303 e. The minimum Gasteiger partial charge on any atom is -0.487 e. The molecule has 0 aliphatic carbocycles. The Morgan fingerprint density at radius 3 is 2.78 bits per heavy atom. The van der Waals surface area contributed by atoms with Crippen molar-refractivity contribution < 1.29 is 19.2 Å². The van der Waals surface area contributed by atoms with Gasteiger partial charge in [-0.15, -0.1) is 5.10 Å². The number of rotatable bonds is 6. The molecule has 9 nitrogen and oxygen atoms in total. The molecule has 0 saturated carbocycles. The van der Waals surface area contributed by atoms with Crippen molar-refractivity contribution in [3.63, 3.8) is 0 Å². The Hall–Kier alpha value is -2.97. The van der Waals surface area contributed by atoms with E-state index >= 15 is 0 Å². The Bertz CT molecular complexity index is 728. The molecule has 1 heterocycles. The molecule has 9 heteroatoms. The summed E-state index contributed by atoms with van der Waals surface area (Å²) in [5.41, 5.74) is 0.918. The lowest BCUT2D eigenvalue weighted by Crippen LogP contribution is -2.08.